The van der Waals surface area contributed by atoms with Gasteiger partial charge in [0.15, 0.2) is 5.84 Å². The summed E-state index contributed by atoms with van der Waals surface area (Å²) < 4.78 is 0. The molecule has 1 unspecified atom stereocenters. The Hall–Kier alpha value is -6.30. The maximum Gasteiger partial charge on any atom is 0.159 e. The van der Waals surface area contributed by atoms with Gasteiger partial charge in [-0.15, -0.1) is 0 Å². The summed E-state index contributed by atoms with van der Waals surface area (Å²) in [4.78, 5) is 10.4. The first-order valence-corrected chi connectivity index (χ1v) is 19.7. The van der Waals surface area contributed by atoms with Gasteiger partial charge in [-0.1, -0.05) is 176 Å². The molecule has 1 aliphatic heterocycles. The molecule has 7 aromatic carbocycles. The average Bonchev–Trinajstić information content (AvgIpc) is 3.43. The molecule has 0 fully saturated rings. The standard InChI is InChI=1S/C48H40N4Si/c1-48(2)42-27-13-12-26-39(42)41-30-40(32-16-6-3-7-17-32)44(31-43(41)48)49-36-22-14-20-34(28-36)46-50-45(33-18-8-4-9-19-33)51-47(52-46)35-21-15-25-38(29-35)53-37-23-10-5-11-24-37/h3-31,45,49H,53H2,1-2H3,(H,50,51,52). The monoisotopic (exact) mass is 700 g/mol. The van der Waals surface area contributed by atoms with Gasteiger partial charge in [0.1, 0.15) is 12.0 Å². The SMILES string of the molecule is CC1(C)c2ccccc2-c2cc(-c3ccccc3)c(Nc3cccc(C4=NC(c5ccccc5)NC(c5cccc([SiH2]c6ccccc6)c5)=N4)c3)cc21. The summed E-state index contributed by atoms with van der Waals surface area (Å²) in [5.74, 6) is 1.54. The lowest BCUT2D eigenvalue weighted by Gasteiger charge is -2.24. The van der Waals surface area contributed by atoms with Crippen LogP contribution < -0.4 is 21.0 Å². The van der Waals surface area contributed by atoms with E-state index >= 15 is 0 Å². The Morgan fingerprint density at radius 2 is 1.21 bits per heavy atom. The van der Waals surface area contributed by atoms with Crippen molar-refractivity contribution in [2.75, 3.05) is 5.32 Å². The van der Waals surface area contributed by atoms with Crippen molar-refractivity contribution in [3.63, 3.8) is 0 Å². The molecular weight excluding hydrogens is 661 g/mol. The van der Waals surface area contributed by atoms with Crippen LogP contribution >= 0.6 is 0 Å². The number of aliphatic imine (C=N–C) groups is 2. The van der Waals surface area contributed by atoms with Crippen LogP contribution in [0, 0.1) is 0 Å². The van der Waals surface area contributed by atoms with Crippen molar-refractivity contribution < 1.29 is 0 Å². The third kappa shape index (κ3) is 6.41. The molecule has 1 atom stereocenters. The molecule has 2 aliphatic rings. The Kier molecular flexibility index (Phi) is 8.41. The molecule has 0 saturated heterocycles. The fourth-order valence-corrected chi connectivity index (χ4v) is 9.35. The second-order valence-corrected chi connectivity index (χ2v) is 16.4. The van der Waals surface area contributed by atoms with Crippen LogP contribution in [0.25, 0.3) is 22.3 Å². The maximum atomic E-state index is 5.19. The summed E-state index contributed by atoms with van der Waals surface area (Å²) in [6, 6.07) is 62.8. The number of nitrogens with one attached hydrogen (secondary N) is 2. The Balaban J connectivity index is 1.10. The van der Waals surface area contributed by atoms with Crippen molar-refractivity contribution in [1.29, 1.82) is 0 Å². The minimum atomic E-state index is -0.623. The number of amidine groups is 2. The van der Waals surface area contributed by atoms with Crippen molar-refractivity contribution in [2.24, 2.45) is 9.98 Å². The van der Waals surface area contributed by atoms with Crippen LogP contribution in [0.2, 0.25) is 0 Å². The lowest BCUT2D eigenvalue weighted by atomic mass is 9.82. The van der Waals surface area contributed by atoms with E-state index in [1.807, 2.05) is 6.07 Å². The topological polar surface area (TPSA) is 48.8 Å². The van der Waals surface area contributed by atoms with Gasteiger partial charge in [0.05, 0.1) is 9.52 Å². The third-order valence-corrected chi connectivity index (χ3v) is 12.2. The summed E-state index contributed by atoms with van der Waals surface area (Å²) >= 11 is 0. The van der Waals surface area contributed by atoms with Gasteiger partial charge in [-0.3, -0.25) is 0 Å². The molecule has 53 heavy (non-hydrogen) atoms. The van der Waals surface area contributed by atoms with E-state index in [4.69, 9.17) is 9.98 Å². The maximum absolute atomic E-state index is 5.19. The smallest absolute Gasteiger partial charge is 0.159 e. The number of fused-ring (bicyclic) bond motifs is 3. The number of anilines is 2. The predicted molar refractivity (Wildman–Crippen MR) is 225 cm³/mol. The molecule has 256 valence electrons. The van der Waals surface area contributed by atoms with Crippen LogP contribution in [-0.2, 0) is 5.41 Å². The van der Waals surface area contributed by atoms with Gasteiger partial charge in [-0.2, -0.15) is 0 Å². The van der Waals surface area contributed by atoms with E-state index in [9.17, 15) is 0 Å². The number of rotatable bonds is 8. The summed E-state index contributed by atoms with van der Waals surface area (Å²) in [7, 11) is -0.623. The number of nitrogens with zero attached hydrogens (tertiary/aromatic N) is 2. The average molecular weight is 701 g/mol. The highest BCUT2D eigenvalue weighted by Crippen LogP contribution is 2.51. The van der Waals surface area contributed by atoms with Crippen molar-refractivity contribution in [3.8, 4) is 22.3 Å². The lowest BCUT2D eigenvalue weighted by molar-refractivity contribution is 0.660. The van der Waals surface area contributed by atoms with Crippen molar-refractivity contribution >= 4 is 42.9 Å². The highest BCUT2D eigenvalue weighted by Gasteiger charge is 2.36. The molecule has 9 rings (SSSR count). The number of benzene rings is 7. The molecule has 0 aromatic heterocycles. The molecule has 7 aromatic rings. The summed E-state index contributed by atoms with van der Waals surface area (Å²) in [6.45, 7) is 4.66. The first-order valence-electron chi connectivity index (χ1n) is 18.3. The van der Waals surface area contributed by atoms with Crippen molar-refractivity contribution in [1.82, 2.24) is 5.32 Å². The molecule has 0 saturated carbocycles. The second-order valence-electron chi connectivity index (χ2n) is 14.4. The summed E-state index contributed by atoms with van der Waals surface area (Å²) in [6.07, 6.45) is -0.268. The highest BCUT2D eigenvalue weighted by molar-refractivity contribution is 6.67. The van der Waals surface area contributed by atoms with Crippen LogP contribution in [0.4, 0.5) is 11.4 Å². The molecule has 5 heteroatoms. The van der Waals surface area contributed by atoms with Gasteiger partial charge in [-0.25, -0.2) is 9.98 Å². The number of hydrogen-bond donors (Lipinski definition) is 2. The molecular formula is C48H40N4Si. The second kappa shape index (κ2) is 13.7. The number of hydrogen-bond acceptors (Lipinski definition) is 4. The normalized spacial score (nSPS) is 15.6. The summed E-state index contributed by atoms with van der Waals surface area (Å²) in [5.41, 5.74) is 12.7. The zero-order valence-electron chi connectivity index (χ0n) is 29.9. The van der Waals surface area contributed by atoms with E-state index in [2.05, 4.69) is 194 Å². The molecule has 1 heterocycles. The van der Waals surface area contributed by atoms with Crippen LogP contribution in [0.5, 0.6) is 0 Å². The zero-order valence-corrected chi connectivity index (χ0v) is 31.3. The van der Waals surface area contributed by atoms with E-state index < -0.39 is 9.52 Å². The first kappa shape index (κ1) is 32.6. The summed E-state index contributed by atoms with van der Waals surface area (Å²) in [5, 5.41) is 10.3. The Labute approximate surface area is 313 Å². The van der Waals surface area contributed by atoms with Crippen LogP contribution in [0.1, 0.15) is 47.8 Å². The Bertz CT molecular complexity index is 2510. The van der Waals surface area contributed by atoms with E-state index in [0.717, 1.165) is 33.9 Å². The van der Waals surface area contributed by atoms with E-state index in [0.29, 0.717) is 5.84 Å². The van der Waals surface area contributed by atoms with Gasteiger partial charge in [-0.05, 0) is 57.6 Å². The molecule has 2 N–H and O–H groups in total. The van der Waals surface area contributed by atoms with Crippen LogP contribution in [0.3, 0.4) is 0 Å². The lowest BCUT2D eigenvalue weighted by Crippen LogP contribution is -2.35. The zero-order chi connectivity index (χ0) is 35.8. The Morgan fingerprint density at radius 3 is 2.02 bits per heavy atom. The molecule has 4 nitrogen and oxygen atoms in total. The molecule has 1 aliphatic carbocycles. The van der Waals surface area contributed by atoms with Gasteiger partial charge < -0.3 is 10.6 Å². The quantitative estimate of drug-likeness (QED) is 0.156. The first-order chi connectivity index (χ1) is 26.0. The van der Waals surface area contributed by atoms with Crippen molar-refractivity contribution in [2.45, 2.75) is 25.4 Å². The predicted octanol–water partition coefficient (Wildman–Crippen LogP) is 9.02. The van der Waals surface area contributed by atoms with Gasteiger partial charge in [0.25, 0.3) is 0 Å². The highest BCUT2D eigenvalue weighted by atomic mass is 28.2. The molecule has 0 bridgehead atoms. The van der Waals surface area contributed by atoms with Crippen LogP contribution in [0.15, 0.2) is 186 Å². The molecule has 0 radical (unpaired) electrons. The van der Waals surface area contributed by atoms with E-state index in [-0.39, 0.29) is 11.6 Å². The fourth-order valence-electron chi connectivity index (χ4n) is 7.79. The fraction of sp³-hybridized carbons (Fsp3) is 0.0833. The molecule has 0 amide bonds. The molecule has 0 spiro atoms. The van der Waals surface area contributed by atoms with E-state index in [1.54, 1.807) is 0 Å². The minimum absolute atomic E-state index is 0.109. The largest absolute Gasteiger partial charge is 0.355 e. The van der Waals surface area contributed by atoms with Crippen LogP contribution in [-0.4, -0.2) is 21.2 Å². The minimum Gasteiger partial charge on any atom is -0.355 e. The third-order valence-electron chi connectivity index (χ3n) is 10.5. The van der Waals surface area contributed by atoms with Crippen molar-refractivity contribution in [3.05, 3.63) is 204 Å². The van der Waals surface area contributed by atoms with Gasteiger partial charge >= 0.3 is 0 Å². The van der Waals surface area contributed by atoms with Gasteiger partial charge in [0, 0.05) is 33.5 Å². The van der Waals surface area contributed by atoms with E-state index in [1.165, 1.54) is 43.8 Å². The Morgan fingerprint density at radius 1 is 0.547 bits per heavy atom. The van der Waals surface area contributed by atoms with Gasteiger partial charge in [0.2, 0.25) is 0 Å².